The van der Waals surface area contributed by atoms with Crippen LogP contribution in [0.25, 0.3) is 32.0 Å². The highest BCUT2D eigenvalue weighted by Crippen LogP contribution is 2.43. The maximum Gasteiger partial charge on any atom is 0.335 e. The second-order valence-corrected chi connectivity index (χ2v) is 11.7. The van der Waals surface area contributed by atoms with Crippen molar-refractivity contribution in [2.75, 3.05) is 0 Å². The van der Waals surface area contributed by atoms with Gasteiger partial charge in [-0.1, -0.05) is 98.8 Å². The lowest BCUT2D eigenvalue weighted by Gasteiger charge is -2.26. The monoisotopic (exact) mass is 555 g/mol. The number of carboxylic acids is 1. The molecule has 0 atom stereocenters. The van der Waals surface area contributed by atoms with Crippen LogP contribution in [0.4, 0.5) is 0 Å². The average Bonchev–Trinajstić information content (AvgIpc) is 3.45. The Morgan fingerprint density at radius 1 is 0.780 bits per heavy atom. The van der Waals surface area contributed by atoms with Gasteiger partial charge in [0.1, 0.15) is 0 Å². The van der Waals surface area contributed by atoms with Crippen LogP contribution in [0.2, 0.25) is 0 Å². The maximum atomic E-state index is 13.9. The third-order valence-corrected chi connectivity index (χ3v) is 8.75. The number of rotatable bonds is 7. The first-order valence-electron chi connectivity index (χ1n) is 13.5. The Morgan fingerprint density at radius 2 is 1.49 bits per heavy atom. The second kappa shape index (κ2) is 10.7. The van der Waals surface area contributed by atoms with E-state index in [4.69, 9.17) is 0 Å². The summed E-state index contributed by atoms with van der Waals surface area (Å²) in [6.45, 7) is 4.73. The van der Waals surface area contributed by atoms with Crippen LogP contribution in [0.15, 0.2) is 115 Å². The molecule has 0 saturated carbocycles. The van der Waals surface area contributed by atoms with E-state index in [2.05, 4.69) is 85.2 Å². The van der Waals surface area contributed by atoms with Gasteiger partial charge in [-0.15, -0.1) is 11.3 Å². The third-order valence-electron chi connectivity index (χ3n) is 7.83. The number of carbonyl (C=O) groups excluding carboxylic acids is 1. The number of thiophene rings is 1. The molecule has 0 aliphatic rings. The SMILES string of the molecule is CC(C)(c1ccc2ccccc2c1)c1csc2cc(-c3ccccc3)cc(C(=O)NCc3ccc(C(=O)O)cc3)c12. The molecule has 0 radical (unpaired) electrons. The molecular weight excluding hydrogens is 526 g/mol. The largest absolute Gasteiger partial charge is 0.478 e. The average molecular weight is 556 g/mol. The summed E-state index contributed by atoms with van der Waals surface area (Å²) in [5, 5.41) is 17.8. The zero-order chi connectivity index (χ0) is 28.6. The lowest BCUT2D eigenvalue weighted by molar-refractivity contribution is 0.0696. The summed E-state index contributed by atoms with van der Waals surface area (Å²) < 4.78 is 1.06. The molecule has 0 fully saturated rings. The van der Waals surface area contributed by atoms with Gasteiger partial charge in [0.15, 0.2) is 0 Å². The lowest BCUT2D eigenvalue weighted by Crippen LogP contribution is -2.24. The second-order valence-electron chi connectivity index (χ2n) is 10.8. The van der Waals surface area contributed by atoms with Crippen molar-refractivity contribution < 1.29 is 14.7 Å². The highest BCUT2D eigenvalue weighted by atomic mass is 32.1. The first-order chi connectivity index (χ1) is 19.8. The van der Waals surface area contributed by atoms with E-state index in [9.17, 15) is 14.7 Å². The number of fused-ring (bicyclic) bond motifs is 2. The standard InChI is InChI=1S/C36H29NO3S/c1-36(2,29-17-16-25-10-6-7-11-27(25)18-29)31-22-41-32-20-28(24-8-4-3-5-9-24)19-30(33(31)32)34(38)37-21-23-12-14-26(15-13-23)35(39)40/h3-20,22H,21H2,1-2H3,(H,37,38)(H,39,40). The number of hydrogen-bond donors (Lipinski definition) is 2. The van der Waals surface area contributed by atoms with E-state index in [1.165, 1.54) is 16.3 Å². The van der Waals surface area contributed by atoms with E-state index in [1.807, 2.05) is 24.3 Å². The van der Waals surface area contributed by atoms with Gasteiger partial charge in [-0.25, -0.2) is 4.79 Å². The van der Waals surface area contributed by atoms with Crippen LogP contribution in [-0.4, -0.2) is 17.0 Å². The number of hydrogen-bond acceptors (Lipinski definition) is 3. The van der Waals surface area contributed by atoms with Gasteiger partial charge < -0.3 is 10.4 Å². The molecule has 202 valence electrons. The summed E-state index contributed by atoms with van der Waals surface area (Å²) in [6.07, 6.45) is 0. The zero-order valence-corrected chi connectivity index (χ0v) is 23.7. The van der Waals surface area contributed by atoms with Gasteiger partial charge in [-0.05, 0) is 68.2 Å². The van der Waals surface area contributed by atoms with Crippen molar-refractivity contribution in [3.05, 3.63) is 142 Å². The van der Waals surface area contributed by atoms with Crippen molar-refractivity contribution in [2.24, 2.45) is 0 Å². The van der Waals surface area contributed by atoms with Gasteiger partial charge in [0.05, 0.1) is 5.56 Å². The van der Waals surface area contributed by atoms with E-state index >= 15 is 0 Å². The minimum Gasteiger partial charge on any atom is -0.478 e. The summed E-state index contributed by atoms with van der Waals surface area (Å²) >= 11 is 1.66. The molecule has 41 heavy (non-hydrogen) atoms. The topological polar surface area (TPSA) is 66.4 Å². The minimum atomic E-state index is -0.972. The van der Waals surface area contributed by atoms with E-state index in [-0.39, 0.29) is 16.9 Å². The van der Waals surface area contributed by atoms with Gasteiger partial charge in [-0.2, -0.15) is 0 Å². The zero-order valence-electron chi connectivity index (χ0n) is 22.8. The normalized spacial score (nSPS) is 11.6. The van der Waals surface area contributed by atoms with Crippen molar-refractivity contribution in [3.8, 4) is 11.1 Å². The molecule has 1 aromatic heterocycles. The fourth-order valence-corrected chi connectivity index (χ4v) is 6.57. The van der Waals surface area contributed by atoms with E-state index < -0.39 is 5.97 Å². The van der Waals surface area contributed by atoms with E-state index in [0.29, 0.717) is 12.1 Å². The number of amides is 1. The predicted octanol–water partition coefficient (Wildman–Crippen LogP) is 8.68. The van der Waals surface area contributed by atoms with Gasteiger partial charge in [-0.3, -0.25) is 4.79 Å². The smallest absolute Gasteiger partial charge is 0.335 e. The van der Waals surface area contributed by atoms with Crippen LogP contribution in [0, 0.1) is 0 Å². The Bertz CT molecular complexity index is 1900. The van der Waals surface area contributed by atoms with Crippen LogP contribution >= 0.6 is 11.3 Å². The number of nitrogens with one attached hydrogen (secondary N) is 1. The molecule has 0 aliphatic heterocycles. The van der Waals surface area contributed by atoms with Crippen LogP contribution in [0.5, 0.6) is 0 Å². The molecule has 2 N–H and O–H groups in total. The molecule has 1 heterocycles. The van der Waals surface area contributed by atoms with Crippen molar-refractivity contribution in [3.63, 3.8) is 0 Å². The van der Waals surface area contributed by atoms with E-state index in [1.54, 1.807) is 35.6 Å². The fourth-order valence-electron chi connectivity index (χ4n) is 5.38. The summed E-state index contributed by atoms with van der Waals surface area (Å²) in [7, 11) is 0. The molecule has 0 aliphatic carbocycles. The van der Waals surface area contributed by atoms with Crippen LogP contribution in [-0.2, 0) is 12.0 Å². The number of benzene rings is 5. The van der Waals surface area contributed by atoms with E-state index in [0.717, 1.165) is 32.3 Å². The first-order valence-corrected chi connectivity index (χ1v) is 14.4. The molecule has 1 amide bonds. The summed E-state index contributed by atoms with van der Waals surface area (Å²) in [4.78, 5) is 25.1. The predicted molar refractivity (Wildman–Crippen MR) is 168 cm³/mol. The molecule has 5 heteroatoms. The third kappa shape index (κ3) is 5.12. The molecule has 0 unspecified atom stereocenters. The Morgan fingerprint density at radius 3 is 2.22 bits per heavy atom. The Kier molecular flexibility index (Phi) is 6.90. The number of carbonyl (C=O) groups is 2. The summed E-state index contributed by atoms with van der Waals surface area (Å²) in [5.74, 6) is -1.14. The lowest BCUT2D eigenvalue weighted by atomic mass is 9.76. The molecule has 0 bridgehead atoms. The molecule has 0 saturated heterocycles. The van der Waals surface area contributed by atoms with Crippen LogP contribution in [0.1, 0.15) is 51.3 Å². The van der Waals surface area contributed by atoms with Crippen molar-refractivity contribution in [1.29, 1.82) is 0 Å². The quantitative estimate of drug-likeness (QED) is 0.207. The highest BCUT2D eigenvalue weighted by molar-refractivity contribution is 7.17. The molecule has 6 rings (SSSR count). The first kappa shape index (κ1) is 26.5. The van der Waals surface area contributed by atoms with Crippen molar-refractivity contribution >= 4 is 44.1 Å². The molecule has 0 spiro atoms. The van der Waals surface area contributed by atoms with Gasteiger partial charge in [0.25, 0.3) is 5.91 Å². The van der Waals surface area contributed by atoms with Gasteiger partial charge in [0.2, 0.25) is 0 Å². The summed E-state index contributed by atoms with van der Waals surface area (Å²) in [6, 6.07) is 35.8. The fraction of sp³-hybridized carbons (Fsp3) is 0.111. The van der Waals surface area contributed by atoms with Crippen molar-refractivity contribution in [1.82, 2.24) is 5.32 Å². The van der Waals surface area contributed by atoms with Gasteiger partial charge >= 0.3 is 5.97 Å². The number of aromatic carboxylic acids is 1. The summed E-state index contributed by atoms with van der Waals surface area (Å²) in [5.41, 5.74) is 5.68. The van der Waals surface area contributed by atoms with Gasteiger partial charge in [0, 0.05) is 27.6 Å². The molecular formula is C36H29NO3S. The highest BCUT2D eigenvalue weighted by Gasteiger charge is 2.29. The Hall–Kier alpha value is -4.74. The minimum absolute atomic E-state index is 0.163. The number of carboxylic acid groups (broad SMARTS) is 1. The maximum absolute atomic E-state index is 13.9. The van der Waals surface area contributed by atoms with Crippen molar-refractivity contribution in [2.45, 2.75) is 25.8 Å². The Balaban J connectivity index is 1.43. The molecule has 5 aromatic carbocycles. The van der Waals surface area contributed by atoms with Crippen LogP contribution in [0.3, 0.4) is 0 Å². The molecule has 6 aromatic rings. The Labute approximate surface area is 242 Å². The molecule has 4 nitrogen and oxygen atoms in total. The van der Waals surface area contributed by atoms with Crippen LogP contribution < -0.4 is 5.32 Å².